The summed E-state index contributed by atoms with van der Waals surface area (Å²) in [5.74, 6) is -0.692. The number of benzene rings is 3. The molecule has 0 unspecified atom stereocenters. The zero-order valence-electron chi connectivity index (χ0n) is 19.9. The van der Waals surface area contributed by atoms with Crippen molar-refractivity contribution >= 4 is 34.6 Å². The van der Waals surface area contributed by atoms with Crippen LogP contribution >= 0.6 is 11.6 Å². The molecule has 8 heteroatoms. The fourth-order valence-corrected chi connectivity index (χ4v) is 4.69. The maximum absolute atomic E-state index is 13.2. The molecule has 5 rings (SSSR count). The van der Waals surface area contributed by atoms with Gasteiger partial charge in [0, 0.05) is 23.4 Å². The van der Waals surface area contributed by atoms with E-state index < -0.39 is 18.1 Å². The quantitative estimate of drug-likeness (QED) is 0.201. The molecule has 1 aromatic heterocycles. The Morgan fingerprint density at radius 3 is 2.35 bits per heavy atom. The van der Waals surface area contributed by atoms with Gasteiger partial charge in [0.1, 0.15) is 18.2 Å². The van der Waals surface area contributed by atoms with Crippen LogP contribution < -0.4 is 15.7 Å². The number of carbonyl (C=O) groups excluding carboxylic acids is 2. The number of rotatable bonds is 7. The molecule has 4 aromatic rings. The van der Waals surface area contributed by atoms with Gasteiger partial charge < -0.3 is 19.2 Å². The lowest BCUT2D eigenvalue weighted by molar-refractivity contribution is -0.136. The highest BCUT2D eigenvalue weighted by Gasteiger charge is 2.26. The molecule has 0 spiro atoms. The summed E-state index contributed by atoms with van der Waals surface area (Å²) in [6, 6.07) is 20.5. The van der Waals surface area contributed by atoms with E-state index >= 15 is 0 Å². The second-order valence-corrected chi connectivity index (χ2v) is 9.26. The number of hydrogen-bond acceptors (Lipinski definition) is 6. The highest BCUT2D eigenvalue weighted by atomic mass is 35.5. The number of hydrogen-bond donors (Lipinski definition) is 1. The third-order valence-electron chi connectivity index (χ3n) is 6.31. The Hall–Kier alpha value is -4.10. The fraction of sp³-hybridized carbons (Fsp3) is 0.207. The van der Waals surface area contributed by atoms with Crippen LogP contribution in [0.25, 0.3) is 11.0 Å². The first-order valence-corrected chi connectivity index (χ1v) is 12.4. The molecule has 0 saturated carbocycles. The molecule has 1 amide bonds. The summed E-state index contributed by atoms with van der Waals surface area (Å²) in [7, 11) is 0. The Bertz CT molecular complexity index is 1500. The molecule has 1 heterocycles. The van der Waals surface area contributed by atoms with Gasteiger partial charge in [-0.05, 0) is 42.0 Å². The van der Waals surface area contributed by atoms with Crippen LogP contribution in [0.5, 0.6) is 5.75 Å². The Kier molecular flexibility index (Phi) is 7.23. The van der Waals surface area contributed by atoms with Crippen LogP contribution in [-0.2, 0) is 35.4 Å². The number of fused-ring (bicyclic) bond motifs is 3. The third-order valence-corrected chi connectivity index (χ3v) is 6.60. The zero-order chi connectivity index (χ0) is 25.8. The smallest absolute Gasteiger partial charge is 0.408 e. The summed E-state index contributed by atoms with van der Waals surface area (Å²) in [4.78, 5) is 38.1. The highest BCUT2D eigenvalue weighted by Crippen LogP contribution is 2.35. The SMILES string of the molecule is O=C(N[C@H](Cc1ccccc1)C(=O)Oc1cc2oc(=O)c3c(c2cc1Cl)CCC3)OCc1ccccc1. The Morgan fingerprint density at radius 1 is 0.946 bits per heavy atom. The zero-order valence-corrected chi connectivity index (χ0v) is 20.6. The van der Waals surface area contributed by atoms with E-state index in [2.05, 4.69) is 5.32 Å². The first kappa shape index (κ1) is 24.6. The summed E-state index contributed by atoms with van der Waals surface area (Å²) in [5.41, 5.74) is 3.15. The van der Waals surface area contributed by atoms with Crippen molar-refractivity contribution in [3.05, 3.63) is 110 Å². The predicted octanol–water partition coefficient (Wildman–Crippen LogP) is 5.38. The monoisotopic (exact) mass is 517 g/mol. The van der Waals surface area contributed by atoms with Gasteiger partial charge in [-0.2, -0.15) is 0 Å². The molecule has 0 radical (unpaired) electrons. The van der Waals surface area contributed by atoms with Crippen molar-refractivity contribution in [2.24, 2.45) is 0 Å². The van der Waals surface area contributed by atoms with E-state index in [9.17, 15) is 14.4 Å². The molecule has 1 aliphatic carbocycles. The normalized spacial score (nSPS) is 13.1. The standard InChI is InChI=1S/C29H24ClNO6/c30-23-15-22-20-12-7-13-21(20)27(32)36-25(22)16-26(23)37-28(33)24(14-18-8-3-1-4-9-18)31-29(34)35-17-19-10-5-2-6-11-19/h1-6,8-11,15-16,24H,7,12-14,17H2,(H,31,34)/t24-/m1/s1. The van der Waals surface area contributed by atoms with Crippen molar-refractivity contribution in [3.8, 4) is 5.75 Å². The van der Waals surface area contributed by atoms with Crippen molar-refractivity contribution in [2.45, 2.75) is 38.3 Å². The lowest BCUT2D eigenvalue weighted by Gasteiger charge is -2.18. The molecule has 37 heavy (non-hydrogen) atoms. The van der Waals surface area contributed by atoms with Gasteiger partial charge in [0.25, 0.3) is 0 Å². The Labute approximate surface area is 218 Å². The van der Waals surface area contributed by atoms with Crippen LogP contribution in [-0.4, -0.2) is 18.1 Å². The van der Waals surface area contributed by atoms with Crippen molar-refractivity contribution < 1.29 is 23.5 Å². The average Bonchev–Trinajstić information content (AvgIpc) is 3.41. The first-order valence-electron chi connectivity index (χ1n) is 12.0. The highest BCUT2D eigenvalue weighted by molar-refractivity contribution is 6.33. The largest absolute Gasteiger partial charge is 0.445 e. The van der Waals surface area contributed by atoms with Crippen molar-refractivity contribution in [2.75, 3.05) is 0 Å². The molecule has 0 saturated heterocycles. The minimum Gasteiger partial charge on any atom is -0.445 e. The van der Waals surface area contributed by atoms with E-state index in [1.165, 1.54) is 6.07 Å². The minimum absolute atomic E-state index is 0.0396. The fourth-order valence-electron chi connectivity index (χ4n) is 4.49. The van der Waals surface area contributed by atoms with Gasteiger partial charge in [-0.1, -0.05) is 72.3 Å². The molecule has 1 aliphatic rings. The van der Waals surface area contributed by atoms with Gasteiger partial charge in [0.15, 0.2) is 5.75 Å². The minimum atomic E-state index is -1.05. The molecule has 7 nitrogen and oxygen atoms in total. The van der Waals surface area contributed by atoms with Crippen LogP contribution in [0.4, 0.5) is 4.79 Å². The summed E-state index contributed by atoms with van der Waals surface area (Å²) in [5, 5.41) is 3.54. The average molecular weight is 518 g/mol. The van der Waals surface area contributed by atoms with Gasteiger partial charge in [-0.25, -0.2) is 14.4 Å². The lowest BCUT2D eigenvalue weighted by atomic mass is 10.1. The second-order valence-electron chi connectivity index (χ2n) is 8.85. The Morgan fingerprint density at radius 2 is 1.62 bits per heavy atom. The Balaban J connectivity index is 1.36. The molecule has 0 bridgehead atoms. The second kappa shape index (κ2) is 10.9. The topological polar surface area (TPSA) is 94.8 Å². The molecule has 0 aliphatic heterocycles. The van der Waals surface area contributed by atoms with Gasteiger partial charge in [0.05, 0.1) is 5.02 Å². The van der Waals surface area contributed by atoms with Gasteiger partial charge in [0.2, 0.25) is 0 Å². The number of nitrogens with one attached hydrogen (secondary N) is 1. The van der Waals surface area contributed by atoms with Crippen LogP contribution in [0.3, 0.4) is 0 Å². The summed E-state index contributed by atoms with van der Waals surface area (Å²) >= 11 is 6.47. The van der Waals surface area contributed by atoms with E-state index in [4.69, 9.17) is 25.5 Å². The van der Waals surface area contributed by atoms with Crippen molar-refractivity contribution in [1.82, 2.24) is 5.32 Å². The molecule has 1 N–H and O–H groups in total. The number of alkyl carbamates (subject to hydrolysis) is 1. The number of aryl methyl sites for hydroxylation is 1. The van der Waals surface area contributed by atoms with Crippen LogP contribution in [0, 0.1) is 0 Å². The molecular weight excluding hydrogens is 494 g/mol. The predicted molar refractivity (Wildman–Crippen MR) is 139 cm³/mol. The van der Waals surface area contributed by atoms with Gasteiger partial charge in [-0.3, -0.25) is 0 Å². The number of ether oxygens (including phenoxy) is 2. The van der Waals surface area contributed by atoms with Gasteiger partial charge >= 0.3 is 17.7 Å². The van der Waals surface area contributed by atoms with Crippen molar-refractivity contribution in [3.63, 3.8) is 0 Å². The molecule has 3 aromatic carbocycles. The van der Waals surface area contributed by atoms with E-state index in [1.54, 1.807) is 6.07 Å². The van der Waals surface area contributed by atoms with Crippen LogP contribution in [0.2, 0.25) is 5.02 Å². The van der Waals surface area contributed by atoms with Gasteiger partial charge in [-0.15, -0.1) is 0 Å². The summed E-state index contributed by atoms with van der Waals surface area (Å²) in [6.45, 7) is 0.0552. The van der Waals surface area contributed by atoms with Crippen molar-refractivity contribution in [1.29, 1.82) is 0 Å². The third kappa shape index (κ3) is 5.67. The molecule has 1 atom stereocenters. The molecular formula is C29H24ClNO6. The molecule has 0 fully saturated rings. The first-order chi connectivity index (χ1) is 18.0. The van der Waals surface area contributed by atoms with E-state index in [-0.39, 0.29) is 29.4 Å². The summed E-state index contributed by atoms with van der Waals surface area (Å²) in [6.07, 6.45) is 1.73. The van der Waals surface area contributed by atoms with E-state index in [0.717, 1.165) is 34.9 Å². The lowest BCUT2D eigenvalue weighted by Crippen LogP contribution is -2.44. The number of halogens is 1. The number of amides is 1. The van der Waals surface area contributed by atoms with E-state index in [1.807, 2.05) is 60.7 Å². The van der Waals surface area contributed by atoms with Crippen LogP contribution in [0.1, 0.15) is 28.7 Å². The molecule has 188 valence electrons. The maximum atomic E-state index is 13.2. The number of carbonyl (C=O) groups is 2. The number of esters is 1. The van der Waals surface area contributed by atoms with E-state index in [0.29, 0.717) is 17.6 Å². The summed E-state index contributed by atoms with van der Waals surface area (Å²) < 4.78 is 16.4. The maximum Gasteiger partial charge on any atom is 0.408 e. The van der Waals surface area contributed by atoms with Crippen LogP contribution in [0.15, 0.2) is 82.0 Å².